The maximum absolute atomic E-state index is 4.33. The molecule has 2 heterocycles. The minimum absolute atomic E-state index is 0.686. The molecule has 98 valence electrons. The lowest BCUT2D eigenvalue weighted by Gasteiger charge is -2.05. The predicted octanol–water partition coefficient (Wildman–Crippen LogP) is 2.86. The molecule has 5 nitrogen and oxygen atoms in total. The van der Waals surface area contributed by atoms with E-state index < -0.39 is 0 Å². The Morgan fingerprint density at radius 1 is 1.00 bits per heavy atom. The largest absolute Gasteiger partial charge is 0.260 e. The monoisotopic (exact) mass is 263 g/mol. The third-order valence-electron chi connectivity index (χ3n) is 2.91. The zero-order valence-corrected chi connectivity index (χ0v) is 11.0. The highest BCUT2D eigenvalue weighted by atomic mass is 15.3. The third kappa shape index (κ3) is 2.47. The van der Waals surface area contributed by atoms with Crippen molar-refractivity contribution in [3.05, 3.63) is 60.7 Å². The molecule has 0 radical (unpaired) electrons. The van der Waals surface area contributed by atoms with Crippen molar-refractivity contribution in [3.8, 4) is 0 Å². The van der Waals surface area contributed by atoms with Gasteiger partial charge in [0.25, 0.3) is 0 Å². The van der Waals surface area contributed by atoms with Crippen LogP contribution in [0.2, 0.25) is 0 Å². The number of anilines is 1. The maximum atomic E-state index is 4.33. The summed E-state index contributed by atoms with van der Waals surface area (Å²) < 4.78 is 0. The Morgan fingerprint density at radius 2 is 1.85 bits per heavy atom. The molecule has 3 aromatic rings. The van der Waals surface area contributed by atoms with Crippen molar-refractivity contribution in [2.24, 2.45) is 5.10 Å². The van der Waals surface area contributed by atoms with E-state index in [-0.39, 0.29) is 0 Å². The first-order chi connectivity index (χ1) is 9.84. The molecular weight excluding hydrogens is 250 g/mol. The number of benzene rings is 1. The number of fused-ring (bicyclic) bond motifs is 1. The zero-order chi connectivity index (χ0) is 13.8. The van der Waals surface area contributed by atoms with Crippen LogP contribution in [-0.4, -0.2) is 20.7 Å². The molecule has 0 unspecified atom stereocenters. The molecular formula is C15H13N5. The van der Waals surface area contributed by atoms with Crippen LogP contribution < -0.4 is 5.43 Å². The van der Waals surface area contributed by atoms with Crippen molar-refractivity contribution in [2.75, 3.05) is 5.43 Å². The van der Waals surface area contributed by atoms with Crippen LogP contribution in [0.25, 0.3) is 10.9 Å². The van der Waals surface area contributed by atoms with E-state index in [4.69, 9.17) is 0 Å². The van der Waals surface area contributed by atoms with Gasteiger partial charge in [-0.15, -0.1) is 0 Å². The van der Waals surface area contributed by atoms with E-state index in [1.807, 2.05) is 49.4 Å². The van der Waals surface area contributed by atoms with Crippen molar-refractivity contribution < 1.29 is 0 Å². The van der Waals surface area contributed by atoms with Crippen molar-refractivity contribution in [1.29, 1.82) is 0 Å². The third-order valence-corrected chi connectivity index (χ3v) is 2.91. The normalized spacial score (nSPS) is 11.6. The molecule has 2 aromatic heterocycles. The van der Waals surface area contributed by atoms with Crippen LogP contribution in [0.15, 0.2) is 60.1 Å². The molecule has 0 saturated heterocycles. The number of aromatic nitrogens is 3. The van der Waals surface area contributed by atoms with Gasteiger partial charge in [0.05, 0.1) is 16.9 Å². The molecule has 1 N–H and O–H groups in total. The molecule has 0 amide bonds. The average molecular weight is 263 g/mol. The van der Waals surface area contributed by atoms with Gasteiger partial charge in [0.15, 0.2) is 5.82 Å². The second-order valence-corrected chi connectivity index (χ2v) is 4.26. The van der Waals surface area contributed by atoms with Crippen molar-refractivity contribution in [2.45, 2.75) is 6.92 Å². The summed E-state index contributed by atoms with van der Waals surface area (Å²) in [5, 5.41) is 5.27. The first-order valence-electron chi connectivity index (χ1n) is 6.26. The van der Waals surface area contributed by atoms with Crippen LogP contribution in [0, 0.1) is 0 Å². The second kappa shape index (κ2) is 5.44. The summed E-state index contributed by atoms with van der Waals surface area (Å²) in [5.41, 5.74) is 5.50. The summed E-state index contributed by atoms with van der Waals surface area (Å²) in [7, 11) is 0. The van der Waals surface area contributed by atoms with Crippen molar-refractivity contribution >= 4 is 22.4 Å². The molecule has 0 bridgehead atoms. The van der Waals surface area contributed by atoms with E-state index in [0.29, 0.717) is 5.82 Å². The molecule has 0 atom stereocenters. The number of hydrazone groups is 1. The Kier molecular flexibility index (Phi) is 3.33. The van der Waals surface area contributed by atoms with Crippen LogP contribution >= 0.6 is 0 Å². The van der Waals surface area contributed by atoms with Crippen LogP contribution in [0.3, 0.4) is 0 Å². The van der Waals surface area contributed by atoms with E-state index >= 15 is 0 Å². The number of hydrogen-bond donors (Lipinski definition) is 1. The van der Waals surface area contributed by atoms with E-state index in [9.17, 15) is 0 Å². The SMILES string of the molecule is C/C(=N\Nc1ncnc2ccccc12)c1ccccn1. The molecule has 1 aromatic carbocycles. The standard InChI is InChI=1S/C15H13N5/c1-11(13-7-4-5-9-16-13)19-20-15-12-6-2-3-8-14(12)17-10-18-15/h2-10H,1H3,(H,17,18,20)/b19-11+. The Bertz CT molecular complexity index is 747. The fraction of sp³-hybridized carbons (Fsp3) is 0.0667. The van der Waals surface area contributed by atoms with Gasteiger partial charge >= 0.3 is 0 Å². The smallest absolute Gasteiger partial charge is 0.157 e. The summed E-state index contributed by atoms with van der Waals surface area (Å²) in [6.45, 7) is 1.90. The van der Waals surface area contributed by atoms with Gasteiger partial charge in [-0.1, -0.05) is 18.2 Å². The number of hydrogen-bond acceptors (Lipinski definition) is 5. The Labute approximate surface area is 116 Å². The number of rotatable bonds is 3. The summed E-state index contributed by atoms with van der Waals surface area (Å²) in [6.07, 6.45) is 3.27. The topological polar surface area (TPSA) is 63.1 Å². The molecule has 3 rings (SSSR count). The quantitative estimate of drug-likeness (QED) is 0.583. The lowest BCUT2D eigenvalue weighted by molar-refractivity contribution is 1.17. The van der Waals surface area contributed by atoms with E-state index in [1.54, 1.807) is 6.20 Å². The average Bonchev–Trinajstić information content (AvgIpc) is 2.53. The number of nitrogens with one attached hydrogen (secondary N) is 1. The zero-order valence-electron chi connectivity index (χ0n) is 11.0. The van der Waals surface area contributed by atoms with Gasteiger partial charge in [0.2, 0.25) is 0 Å². The predicted molar refractivity (Wildman–Crippen MR) is 79.6 cm³/mol. The first-order valence-corrected chi connectivity index (χ1v) is 6.26. The van der Waals surface area contributed by atoms with Gasteiger partial charge in [-0.3, -0.25) is 10.4 Å². The summed E-state index contributed by atoms with van der Waals surface area (Å²) in [6, 6.07) is 13.5. The fourth-order valence-electron chi connectivity index (χ4n) is 1.86. The molecule has 0 aliphatic rings. The second-order valence-electron chi connectivity index (χ2n) is 4.26. The van der Waals surface area contributed by atoms with Crippen molar-refractivity contribution in [1.82, 2.24) is 15.0 Å². The molecule has 0 aliphatic heterocycles. The van der Waals surface area contributed by atoms with E-state index in [2.05, 4.69) is 25.5 Å². The van der Waals surface area contributed by atoms with Crippen molar-refractivity contribution in [3.63, 3.8) is 0 Å². The lowest BCUT2D eigenvalue weighted by atomic mass is 10.2. The van der Waals surface area contributed by atoms with Gasteiger partial charge in [-0.25, -0.2) is 9.97 Å². The summed E-state index contributed by atoms with van der Waals surface area (Å²) in [4.78, 5) is 12.7. The Morgan fingerprint density at radius 3 is 2.70 bits per heavy atom. The summed E-state index contributed by atoms with van der Waals surface area (Å²) in [5.74, 6) is 0.686. The van der Waals surface area contributed by atoms with Gasteiger partial charge in [0.1, 0.15) is 6.33 Å². The van der Waals surface area contributed by atoms with Crippen LogP contribution in [0.5, 0.6) is 0 Å². The Balaban J connectivity index is 1.91. The number of para-hydroxylation sites is 1. The minimum Gasteiger partial charge on any atom is -0.260 e. The van der Waals surface area contributed by atoms with Gasteiger partial charge in [-0.2, -0.15) is 5.10 Å². The van der Waals surface area contributed by atoms with Gasteiger partial charge in [-0.05, 0) is 31.2 Å². The van der Waals surface area contributed by atoms with Crippen LogP contribution in [0.4, 0.5) is 5.82 Å². The minimum atomic E-state index is 0.686. The molecule has 5 heteroatoms. The molecule has 20 heavy (non-hydrogen) atoms. The highest BCUT2D eigenvalue weighted by Crippen LogP contribution is 2.18. The Hall–Kier alpha value is -2.82. The molecule has 0 saturated carbocycles. The van der Waals surface area contributed by atoms with Gasteiger partial charge in [0, 0.05) is 11.6 Å². The maximum Gasteiger partial charge on any atom is 0.157 e. The van der Waals surface area contributed by atoms with Gasteiger partial charge < -0.3 is 0 Å². The highest BCUT2D eigenvalue weighted by Gasteiger charge is 2.02. The fourth-order valence-corrected chi connectivity index (χ4v) is 1.86. The molecule has 0 fully saturated rings. The molecule has 0 aliphatic carbocycles. The number of nitrogens with zero attached hydrogens (tertiary/aromatic N) is 4. The molecule has 0 spiro atoms. The van der Waals surface area contributed by atoms with E-state index in [0.717, 1.165) is 22.3 Å². The van der Waals surface area contributed by atoms with E-state index in [1.165, 1.54) is 6.33 Å². The highest BCUT2D eigenvalue weighted by molar-refractivity contribution is 5.97. The summed E-state index contributed by atoms with van der Waals surface area (Å²) >= 11 is 0. The van der Waals surface area contributed by atoms with Crippen LogP contribution in [-0.2, 0) is 0 Å². The van der Waals surface area contributed by atoms with Crippen LogP contribution in [0.1, 0.15) is 12.6 Å². The number of pyridine rings is 1. The first kappa shape index (κ1) is 12.2. The lowest BCUT2D eigenvalue weighted by Crippen LogP contribution is -2.03.